The second-order valence-electron chi connectivity index (χ2n) is 8.78. The third kappa shape index (κ3) is 4.68. The van der Waals surface area contributed by atoms with Gasteiger partial charge in [0.15, 0.2) is 0 Å². The normalized spacial score (nSPS) is 16.1. The van der Waals surface area contributed by atoms with Crippen molar-refractivity contribution >= 4 is 16.8 Å². The van der Waals surface area contributed by atoms with Gasteiger partial charge in [-0.05, 0) is 42.2 Å². The van der Waals surface area contributed by atoms with E-state index in [1.165, 1.54) is 17.7 Å². The van der Waals surface area contributed by atoms with Gasteiger partial charge in [0.05, 0.1) is 11.6 Å². The minimum atomic E-state index is -0.300. The molecule has 33 heavy (non-hydrogen) atoms. The number of hydrogen-bond acceptors (Lipinski definition) is 3. The maximum absolute atomic E-state index is 13.6. The Labute approximate surface area is 192 Å². The first-order valence-electron chi connectivity index (χ1n) is 11.4. The number of carbonyl (C=O) groups is 1. The van der Waals surface area contributed by atoms with Crippen molar-refractivity contribution < 1.29 is 9.18 Å². The number of nitrogens with zero attached hydrogens (tertiary/aromatic N) is 3. The first-order valence-corrected chi connectivity index (χ1v) is 11.4. The molecule has 5 rings (SSSR count). The van der Waals surface area contributed by atoms with Crippen molar-refractivity contribution in [3.05, 3.63) is 89.1 Å². The van der Waals surface area contributed by atoms with Crippen LogP contribution in [0, 0.1) is 5.82 Å². The molecule has 4 aromatic rings. The number of aromatic amines is 1. The summed E-state index contributed by atoms with van der Waals surface area (Å²) in [7, 11) is 1.90. The number of carbonyl (C=O) groups excluding carboxylic acids is 1. The standard InChI is InChI=1S/C26H28FN5O/c1-31-15-20-16-32(12-10-18-5-3-2-4-6-18)17-23(25(20)30-31)26(33)28-11-9-19-14-29-24-8-7-21(27)13-22(19)24/h2-8,13-15,23,29H,9-12,16-17H2,1H3,(H,28,33)/t23-/m0/s1. The van der Waals surface area contributed by atoms with Gasteiger partial charge < -0.3 is 10.3 Å². The van der Waals surface area contributed by atoms with Crippen molar-refractivity contribution in [3.8, 4) is 0 Å². The molecule has 6 nitrogen and oxygen atoms in total. The quantitative estimate of drug-likeness (QED) is 0.457. The number of nitrogens with one attached hydrogen (secondary N) is 2. The summed E-state index contributed by atoms with van der Waals surface area (Å²) in [6.45, 7) is 2.84. The van der Waals surface area contributed by atoms with E-state index >= 15 is 0 Å². The number of rotatable bonds is 7. The molecule has 1 aliphatic heterocycles. The molecule has 170 valence electrons. The number of aryl methyl sites for hydroxylation is 1. The fourth-order valence-electron chi connectivity index (χ4n) is 4.73. The molecule has 0 saturated carbocycles. The Morgan fingerprint density at radius 2 is 2.06 bits per heavy atom. The number of hydrogen-bond donors (Lipinski definition) is 2. The fraction of sp³-hybridized carbons (Fsp3) is 0.308. The minimum Gasteiger partial charge on any atom is -0.361 e. The van der Waals surface area contributed by atoms with E-state index in [-0.39, 0.29) is 17.6 Å². The van der Waals surface area contributed by atoms with Crippen molar-refractivity contribution in [2.45, 2.75) is 25.3 Å². The average molecular weight is 446 g/mol. The topological polar surface area (TPSA) is 66.0 Å². The Hall–Kier alpha value is -3.45. The largest absolute Gasteiger partial charge is 0.361 e. The average Bonchev–Trinajstić information content (AvgIpc) is 3.39. The summed E-state index contributed by atoms with van der Waals surface area (Å²) in [5.74, 6) is -0.565. The molecule has 2 aromatic heterocycles. The van der Waals surface area contributed by atoms with Gasteiger partial charge in [-0.2, -0.15) is 5.10 Å². The van der Waals surface area contributed by atoms with Crippen molar-refractivity contribution in [3.63, 3.8) is 0 Å². The van der Waals surface area contributed by atoms with Crippen molar-refractivity contribution in [1.82, 2.24) is 25.0 Å². The Balaban J connectivity index is 1.24. The highest BCUT2D eigenvalue weighted by Gasteiger charge is 2.33. The van der Waals surface area contributed by atoms with Crippen molar-refractivity contribution in [2.24, 2.45) is 7.05 Å². The Morgan fingerprint density at radius 1 is 1.21 bits per heavy atom. The highest BCUT2D eigenvalue weighted by Crippen LogP contribution is 2.27. The molecule has 2 aromatic carbocycles. The summed E-state index contributed by atoms with van der Waals surface area (Å²) in [6, 6.07) is 15.1. The van der Waals surface area contributed by atoms with Gasteiger partial charge in [-0.25, -0.2) is 4.39 Å². The zero-order chi connectivity index (χ0) is 22.8. The fourth-order valence-corrected chi connectivity index (χ4v) is 4.73. The zero-order valence-corrected chi connectivity index (χ0v) is 18.7. The number of aromatic nitrogens is 3. The molecule has 0 fully saturated rings. The van der Waals surface area contributed by atoms with Crippen LogP contribution in [0.3, 0.4) is 0 Å². The minimum absolute atomic E-state index is 0.00890. The summed E-state index contributed by atoms with van der Waals surface area (Å²) < 4.78 is 15.4. The molecule has 0 bridgehead atoms. The van der Waals surface area contributed by atoms with Gasteiger partial charge in [-0.1, -0.05) is 30.3 Å². The third-order valence-corrected chi connectivity index (χ3v) is 6.40. The van der Waals surface area contributed by atoms with Crippen LogP contribution in [0.25, 0.3) is 10.9 Å². The Bertz CT molecular complexity index is 1260. The zero-order valence-electron chi connectivity index (χ0n) is 18.7. The Morgan fingerprint density at radius 3 is 2.91 bits per heavy atom. The van der Waals surface area contributed by atoms with E-state index in [0.717, 1.165) is 47.2 Å². The smallest absolute Gasteiger partial charge is 0.230 e. The van der Waals surface area contributed by atoms with Gasteiger partial charge >= 0.3 is 0 Å². The summed E-state index contributed by atoms with van der Waals surface area (Å²) in [5, 5.41) is 8.55. The Kier molecular flexibility index (Phi) is 5.96. The molecule has 0 spiro atoms. The molecule has 7 heteroatoms. The molecule has 1 atom stereocenters. The molecular weight excluding hydrogens is 417 g/mol. The van der Waals surface area contributed by atoms with Gasteiger partial charge in [0.1, 0.15) is 5.82 Å². The van der Waals surface area contributed by atoms with Crippen LogP contribution in [0.2, 0.25) is 0 Å². The van der Waals surface area contributed by atoms with Crippen molar-refractivity contribution in [1.29, 1.82) is 0 Å². The number of H-pyrrole nitrogens is 1. The lowest BCUT2D eigenvalue weighted by Crippen LogP contribution is -2.42. The first kappa shape index (κ1) is 21.4. The highest BCUT2D eigenvalue weighted by atomic mass is 19.1. The van der Waals surface area contributed by atoms with Crippen molar-refractivity contribution in [2.75, 3.05) is 19.6 Å². The van der Waals surface area contributed by atoms with Crippen LogP contribution in [-0.2, 0) is 31.2 Å². The number of amides is 1. The summed E-state index contributed by atoms with van der Waals surface area (Å²) in [5.41, 5.74) is 5.18. The molecule has 2 N–H and O–H groups in total. The predicted molar refractivity (Wildman–Crippen MR) is 126 cm³/mol. The SMILES string of the molecule is Cn1cc2c(n1)[C@@H](C(=O)NCCc1c[nH]c3ccc(F)cc13)CN(CCc1ccccc1)C2. The number of fused-ring (bicyclic) bond motifs is 2. The lowest BCUT2D eigenvalue weighted by Gasteiger charge is -2.31. The van der Waals surface area contributed by atoms with E-state index in [4.69, 9.17) is 0 Å². The first-order chi connectivity index (χ1) is 16.1. The molecule has 1 aliphatic rings. The van der Waals surface area contributed by atoms with Crippen LogP contribution in [0.15, 0.2) is 60.9 Å². The summed E-state index contributed by atoms with van der Waals surface area (Å²) in [6.07, 6.45) is 5.49. The predicted octanol–water partition coefficient (Wildman–Crippen LogP) is 3.54. The van der Waals surface area contributed by atoms with E-state index in [9.17, 15) is 9.18 Å². The van der Waals surface area contributed by atoms with E-state index in [1.807, 2.05) is 25.5 Å². The van der Waals surface area contributed by atoms with Gasteiger partial charge in [0, 0.05) is 62.1 Å². The molecular formula is C26H28FN5O. The lowest BCUT2D eigenvalue weighted by atomic mass is 9.95. The van der Waals surface area contributed by atoms with Crippen LogP contribution >= 0.6 is 0 Å². The summed E-state index contributed by atoms with van der Waals surface area (Å²) >= 11 is 0. The van der Waals surface area contributed by atoms with Crippen LogP contribution < -0.4 is 5.32 Å². The van der Waals surface area contributed by atoms with Gasteiger partial charge in [0.2, 0.25) is 5.91 Å². The number of halogens is 1. The monoisotopic (exact) mass is 445 g/mol. The van der Waals surface area contributed by atoms with E-state index in [2.05, 4.69) is 44.6 Å². The molecule has 0 aliphatic carbocycles. The third-order valence-electron chi connectivity index (χ3n) is 6.40. The molecule has 3 heterocycles. The lowest BCUT2D eigenvalue weighted by molar-refractivity contribution is -0.123. The second-order valence-corrected chi connectivity index (χ2v) is 8.78. The highest BCUT2D eigenvalue weighted by molar-refractivity contribution is 5.85. The summed E-state index contributed by atoms with van der Waals surface area (Å²) in [4.78, 5) is 18.7. The van der Waals surface area contributed by atoms with E-state index in [0.29, 0.717) is 19.5 Å². The van der Waals surface area contributed by atoms with Crippen LogP contribution in [-0.4, -0.2) is 45.2 Å². The second kappa shape index (κ2) is 9.19. The number of benzene rings is 2. The maximum atomic E-state index is 13.6. The van der Waals surface area contributed by atoms with Gasteiger partial charge in [0.25, 0.3) is 0 Å². The van der Waals surface area contributed by atoms with Gasteiger partial charge in [-0.3, -0.25) is 14.4 Å². The molecule has 0 radical (unpaired) electrons. The van der Waals surface area contributed by atoms with Crippen LogP contribution in [0.4, 0.5) is 4.39 Å². The molecule has 0 saturated heterocycles. The van der Waals surface area contributed by atoms with Crippen LogP contribution in [0.1, 0.15) is 28.3 Å². The molecule has 1 amide bonds. The van der Waals surface area contributed by atoms with E-state index < -0.39 is 0 Å². The van der Waals surface area contributed by atoms with Crippen LogP contribution in [0.5, 0.6) is 0 Å². The van der Waals surface area contributed by atoms with Gasteiger partial charge in [-0.15, -0.1) is 0 Å². The van der Waals surface area contributed by atoms with E-state index in [1.54, 1.807) is 10.7 Å². The molecule has 0 unspecified atom stereocenters. The maximum Gasteiger partial charge on any atom is 0.230 e.